The van der Waals surface area contributed by atoms with Gasteiger partial charge in [0.25, 0.3) is 0 Å². The summed E-state index contributed by atoms with van der Waals surface area (Å²) in [5.74, 6) is 0. The first-order valence-corrected chi connectivity index (χ1v) is 14.0. The number of furan rings is 1. The first-order valence-electron chi connectivity index (χ1n) is 11.6. The minimum Gasteiger partial charge on any atom is -0.456 e. The molecule has 0 amide bonds. The minimum atomic E-state index is -1.11. The van der Waals surface area contributed by atoms with Crippen LogP contribution in [0.3, 0.4) is 0 Å². The van der Waals surface area contributed by atoms with E-state index in [1.54, 1.807) is 0 Å². The van der Waals surface area contributed by atoms with Crippen molar-refractivity contribution < 1.29 is 4.42 Å². The van der Waals surface area contributed by atoms with Crippen molar-refractivity contribution in [2.24, 2.45) is 0 Å². The Morgan fingerprint density at radius 2 is 1.03 bits per heavy atom. The van der Waals surface area contributed by atoms with Crippen molar-refractivity contribution in [3.63, 3.8) is 0 Å². The highest BCUT2D eigenvalue weighted by Crippen LogP contribution is 2.68. The number of rotatable bonds is 2. The number of benzene rings is 5. The second-order valence-electron chi connectivity index (χ2n) is 9.42. The van der Waals surface area contributed by atoms with Crippen LogP contribution >= 0.6 is 10.0 Å². The van der Waals surface area contributed by atoms with Crippen molar-refractivity contribution in [3.05, 3.63) is 109 Å². The van der Waals surface area contributed by atoms with Gasteiger partial charge in [-0.25, -0.2) is 0 Å². The number of fused-ring (bicyclic) bond motifs is 6. The molecular weight excluding hydrogens is 432 g/mol. The smallest absolute Gasteiger partial charge is 0.135 e. The van der Waals surface area contributed by atoms with E-state index in [4.69, 9.17) is 4.42 Å². The lowest BCUT2D eigenvalue weighted by Crippen LogP contribution is -1.93. The Hall–Kier alpha value is -3.75. The average molecular weight is 457 g/mol. The molecule has 1 aliphatic rings. The van der Waals surface area contributed by atoms with E-state index in [9.17, 15) is 0 Å². The van der Waals surface area contributed by atoms with Crippen LogP contribution in [0.25, 0.3) is 55.3 Å². The molecule has 7 rings (SSSR count). The summed E-state index contributed by atoms with van der Waals surface area (Å²) < 4.78 is 6.04. The van der Waals surface area contributed by atoms with Crippen LogP contribution in [0.1, 0.15) is 0 Å². The molecule has 0 atom stereocenters. The third kappa shape index (κ3) is 2.82. The maximum Gasteiger partial charge on any atom is 0.135 e. The first kappa shape index (κ1) is 19.7. The maximum atomic E-state index is 6.04. The molecule has 2 heteroatoms. The molecule has 1 aromatic heterocycles. The number of hydrogen-bond acceptors (Lipinski definition) is 1. The summed E-state index contributed by atoms with van der Waals surface area (Å²) in [6.45, 7) is 0. The summed E-state index contributed by atoms with van der Waals surface area (Å²) >= 11 is 0. The zero-order chi connectivity index (χ0) is 22.9. The standard InChI is InChI=1S/C32H24OS/c1-34(2)31-19-23(21-8-4-3-5-9-21)12-15-26(31)27-16-13-24(20-32(27)34)22-14-17-30-28(18-22)25-10-6-7-11-29(25)33-30/h3-20H,1-2H3. The van der Waals surface area contributed by atoms with Gasteiger partial charge in [0.15, 0.2) is 0 Å². The zero-order valence-corrected chi connectivity index (χ0v) is 20.0. The molecule has 0 unspecified atom stereocenters. The lowest BCUT2D eigenvalue weighted by atomic mass is 9.97. The predicted molar refractivity (Wildman–Crippen MR) is 146 cm³/mol. The van der Waals surface area contributed by atoms with Crippen molar-refractivity contribution >= 4 is 32.0 Å². The highest BCUT2D eigenvalue weighted by atomic mass is 32.3. The fourth-order valence-corrected chi connectivity index (χ4v) is 7.88. The lowest BCUT2D eigenvalue weighted by molar-refractivity contribution is 0.669. The minimum absolute atomic E-state index is 0.943. The van der Waals surface area contributed by atoms with Gasteiger partial charge in [-0.1, -0.05) is 78.9 Å². The van der Waals surface area contributed by atoms with Crippen LogP contribution in [0.2, 0.25) is 0 Å². The van der Waals surface area contributed by atoms with Crippen molar-refractivity contribution in [2.45, 2.75) is 9.79 Å². The summed E-state index contributed by atoms with van der Waals surface area (Å²) in [6.07, 6.45) is 4.87. The monoisotopic (exact) mass is 456 g/mol. The molecule has 2 heterocycles. The van der Waals surface area contributed by atoms with E-state index in [1.807, 2.05) is 12.1 Å². The largest absolute Gasteiger partial charge is 0.456 e. The molecule has 0 fully saturated rings. The molecule has 5 aromatic carbocycles. The molecule has 0 bridgehead atoms. The topological polar surface area (TPSA) is 13.1 Å². The Bertz CT molecular complexity index is 1720. The quantitative estimate of drug-likeness (QED) is 0.253. The third-order valence-electron chi connectivity index (χ3n) is 7.17. The Balaban J connectivity index is 1.35. The SMILES string of the molecule is CS1(C)c2cc(-c3ccccc3)ccc2-c2ccc(-c3ccc4oc5ccccc5c4c3)cc21. The van der Waals surface area contributed by atoms with Crippen LogP contribution < -0.4 is 0 Å². The molecule has 0 saturated carbocycles. The van der Waals surface area contributed by atoms with Crippen LogP contribution in [-0.4, -0.2) is 12.5 Å². The Morgan fingerprint density at radius 3 is 1.76 bits per heavy atom. The van der Waals surface area contributed by atoms with Crippen LogP contribution in [0.5, 0.6) is 0 Å². The summed E-state index contributed by atoms with van der Waals surface area (Å²) in [5, 5.41) is 2.35. The van der Waals surface area contributed by atoms with Gasteiger partial charge in [-0.05, 0) is 76.2 Å². The van der Waals surface area contributed by atoms with Gasteiger partial charge in [0, 0.05) is 20.6 Å². The molecule has 0 saturated heterocycles. The summed E-state index contributed by atoms with van der Waals surface area (Å²) in [6, 6.07) is 39.6. The Kier molecular flexibility index (Phi) is 4.13. The van der Waals surface area contributed by atoms with Crippen LogP contribution in [0.4, 0.5) is 0 Å². The van der Waals surface area contributed by atoms with Gasteiger partial charge >= 0.3 is 0 Å². The van der Waals surface area contributed by atoms with Gasteiger partial charge in [0.1, 0.15) is 11.2 Å². The fourth-order valence-electron chi connectivity index (χ4n) is 5.35. The van der Waals surface area contributed by atoms with Crippen LogP contribution in [0, 0.1) is 0 Å². The lowest BCUT2D eigenvalue weighted by Gasteiger charge is -2.29. The van der Waals surface area contributed by atoms with Crippen LogP contribution in [-0.2, 0) is 0 Å². The van der Waals surface area contributed by atoms with Gasteiger partial charge in [0.2, 0.25) is 0 Å². The summed E-state index contributed by atoms with van der Waals surface area (Å²) in [4.78, 5) is 2.96. The van der Waals surface area contributed by atoms with E-state index in [1.165, 1.54) is 53.9 Å². The highest BCUT2D eigenvalue weighted by molar-refractivity contribution is 8.33. The van der Waals surface area contributed by atoms with Gasteiger partial charge in [0.05, 0.1) is 0 Å². The van der Waals surface area contributed by atoms with E-state index in [-0.39, 0.29) is 0 Å². The highest BCUT2D eigenvalue weighted by Gasteiger charge is 2.32. The van der Waals surface area contributed by atoms with Crippen molar-refractivity contribution in [1.82, 2.24) is 0 Å². The first-order chi connectivity index (χ1) is 16.6. The molecule has 1 nitrogen and oxygen atoms in total. The van der Waals surface area contributed by atoms with E-state index < -0.39 is 10.0 Å². The van der Waals surface area contributed by atoms with Gasteiger partial charge in [-0.3, -0.25) is 0 Å². The van der Waals surface area contributed by atoms with Crippen LogP contribution in [0.15, 0.2) is 123 Å². The molecule has 1 aliphatic heterocycles. The molecule has 0 aliphatic carbocycles. The second kappa shape index (κ2) is 7.12. The number of para-hydroxylation sites is 1. The van der Waals surface area contributed by atoms with Crippen molar-refractivity contribution in [1.29, 1.82) is 0 Å². The summed E-state index contributed by atoms with van der Waals surface area (Å²) in [7, 11) is -1.11. The second-order valence-corrected chi connectivity index (χ2v) is 13.0. The molecule has 34 heavy (non-hydrogen) atoms. The van der Waals surface area contributed by atoms with Gasteiger partial charge in [-0.15, -0.1) is 0 Å². The Morgan fingerprint density at radius 1 is 0.471 bits per heavy atom. The molecule has 0 N–H and O–H groups in total. The number of hydrogen-bond donors (Lipinski definition) is 0. The average Bonchev–Trinajstić information content (AvgIpc) is 3.36. The normalized spacial score (nSPS) is 14.8. The van der Waals surface area contributed by atoms with E-state index in [0.29, 0.717) is 0 Å². The molecule has 0 spiro atoms. The molecule has 164 valence electrons. The molecular formula is C32H24OS. The molecule has 6 aromatic rings. The van der Waals surface area contributed by atoms with E-state index in [0.717, 1.165) is 11.2 Å². The Labute approximate surface area is 201 Å². The van der Waals surface area contributed by atoms with E-state index >= 15 is 0 Å². The predicted octanol–water partition coefficient (Wildman–Crippen LogP) is 9.38. The third-order valence-corrected chi connectivity index (χ3v) is 10.0. The van der Waals surface area contributed by atoms with E-state index in [2.05, 4.69) is 110 Å². The molecule has 0 radical (unpaired) electrons. The van der Waals surface area contributed by atoms with Crippen molar-refractivity contribution in [3.8, 4) is 33.4 Å². The zero-order valence-electron chi connectivity index (χ0n) is 19.2. The summed E-state index contributed by atoms with van der Waals surface area (Å²) in [5.41, 5.74) is 9.73. The maximum absolute atomic E-state index is 6.04. The fraction of sp³-hybridized carbons (Fsp3) is 0.0625. The van der Waals surface area contributed by atoms with Gasteiger partial charge in [-0.2, -0.15) is 10.0 Å². The van der Waals surface area contributed by atoms with Crippen molar-refractivity contribution in [2.75, 3.05) is 12.5 Å². The van der Waals surface area contributed by atoms with Gasteiger partial charge < -0.3 is 4.42 Å².